The second kappa shape index (κ2) is 5.07. The predicted octanol–water partition coefficient (Wildman–Crippen LogP) is 0.302. The van der Waals surface area contributed by atoms with Crippen molar-refractivity contribution < 1.29 is 9.53 Å². The van der Waals surface area contributed by atoms with Crippen molar-refractivity contribution in [3.63, 3.8) is 0 Å². The summed E-state index contributed by atoms with van der Waals surface area (Å²) >= 11 is 0. The van der Waals surface area contributed by atoms with Crippen LogP contribution in [-0.4, -0.2) is 42.3 Å². The zero-order chi connectivity index (χ0) is 13.1. The number of ether oxygens (including phenoxy) is 1. The summed E-state index contributed by atoms with van der Waals surface area (Å²) in [5.41, 5.74) is 6.46. The third-order valence-corrected chi connectivity index (χ3v) is 2.88. The van der Waals surface area contributed by atoms with Gasteiger partial charge in [-0.3, -0.25) is 0 Å². The first-order valence-corrected chi connectivity index (χ1v) is 5.79. The first-order chi connectivity index (χ1) is 8.58. The molecule has 1 aromatic heterocycles. The van der Waals surface area contributed by atoms with Crippen LogP contribution in [0.1, 0.15) is 12.1 Å². The highest BCUT2D eigenvalue weighted by Crippen LogP contribution is 2.19. The Hall–Kier alpha value is -2.05. The number of aryl methyl sites for hydroxylation is 1. The van der Waals surface area contributed by atoms with E-state index < -0.39 is 6.09 Å². The molecule has 3 N–H and O–H groups in total. The first kappa shape index (κ1) is 12.4. The zero-order valence-electron chi connectivity index (χ0n) is 10.5. The Morgan fingerprint density at radius 3 is 3.06 bits per heavy atom. The molecule has 0 spiro atoms. The van der Waals surface area contributed by atoms with E-state index in [2.05, 4.69) is 24.9 Å². The van der Waals surface area contributed by atoms with E-state index in [1.807, 2.05) is 13.0 Å². The Kier molecular flexibility index (Phi) is 3.50. The SMILES string of the molecule is COC(=O)NC1CCN(c2cc(C)nc(N)n2)C1. The minimum atomic E-state index is -0.403. The van der Waals surface area contributed by atoms with Gasteiger partial charge in [-0.2, -0.15) is 4.98 Å². The molecule has 0 aromatic carbocycles. The number of methoxy groups -OCH3 is 1. The number of nitrogen functional groups attached to an aromatic ring is 1. The highest BCUT2D eigenvalue weighted by atomic mass is 16.5. The topological polar surface area (TPSA) is 93.4 Å². The predicted molar refractivity (Wildman–Crippen MR) is 67.3 cm³/mol. The van der Waals surface area contributed by atoms with Gasteiger partial charge in [-0.05, 0) is 13.3 Å². The Balaban J connectivity index is 2.01. The maximum Gasteiger partial charge on any atom is 0.407 e. The minimum absolute atomic E-state index is 0.0777. The van der Waals surface area contributed by atoms with E-state index in [0.29, 0.717) is 6.54 Å². The smallest absolute Gasteiger partial charge is 0.407 e. The number of hydrogen-bond acceptors (Lipinski definition) is 6. The van der Waals surface area contributed by atoms with Gasteiger partial charge in [0, 0.05) is 24.8 Å². The van der Waals surface area contributed by atoms with Gasteiger partial charge in [0.15, 0.2) is 0 Å². The van der Waals surface area contributed by atoms with Crippen molar-refractivity contribution in [2.75, 3.05) is 30.8 Å². The monoisotopic (exact) mass is 251 g/mol. The van der Waals surface area contributed by atoms with Gasteiger partial charge < -0.3 is 20.7 Å². The Morgan fingerprint density at radius 2 is 2.39 bits per heavy atom. The lowest BCUT2D eigenvalue weighted by atomic mass is 10.3. The summed E-state index contributed by atoms with van der Waals surface area (Å²) in [5, 5.41) is 2.78. The van der Waals surface area contributed by atoms with E-state index >= 15 is 0 Å². The summed E-state index contributed by atoms with van der Waals surface area (Å²) < 4.78 is 4.58. The van der Waals surface area contributed by atoms with Crippen LogP contribution in [0.15, 0.2) is 6.07 Å². The van der Waals surface area contributed by atoms with E-state index in [0.717, 1.165) is 24.5 Å². The molecule has 1 saturated heterocycles. The highest BCUT2D eigenvalue weighted by molar-refractivity contribution is 5.67. The largest absolute Gasteiger partial charge is 0.453 e. The lowest BCUT2D eigenvalue weighted by molar-refractivity contribution is 0.167. The number of nitrogens with zero attached hydrogens (tertiary/aromatic N) is 3. The van der Waals surface area contributed by atoms with Crippen LogP contribution in [0.2, 0.25) is 0 Å². The molecule has 1 aliphatic heterocycles. The summed E-state index contributed by atoms with van der Waals surface area (Å²) in [6.07, 6.45) is 0.457. The number of carbonyl (C=O) groups excluding carboxylic acids is 1. The summed E-state index contributed by atoms with van der Waals surface area (Å²) in [5.74, 6) is 1.07. The molecule has 7 heteroatoms. The summed E-state index contributed by atoms with van der Waals surface area (Å²) in [7, 11) is 1.36. The second-order valence-corrected chi connectivity index (χ2v) is 4.29. The van der Waals surface area contributed by atoms with Crippen LogP contribution < -0.4 is 16.0 Å². The molecule has 1 atom stereocenters. The fourth-order valence-corrected chi connectivity index (χ4v) is 2.05. The lowest BCUT2D eigenvalue weighted by Crippen LogP contribution is -2.37. The molecule has 2 heterocycles. The maximum absolute atomic E-state index is 11.1. The van der Waals surface area contributed by atoms with Gasteiger partial charge in [0.2, 0.25) is 5.95 Å². The highest BCUT2D eigenvalue weighted by Gasteiger charge is 2.25. The van der Waals surface area contributed by atoms with Crippen molar-refractivity contribution >= 4 is 17.9 Å². The van der Waals surface area contributed by atoms with Gasteiger partial charge in [0.25, 0.3) is 0 Å². The normalized spacial score (nSPS) is 18.8. The first-order valence-electron chi connectivity index (χ1n) is 5.79. The molecule has 0 saturated carbocycles. The van der Waals surface area contributed by atoms with Gasteiger partial charge in [0.05, 0.1) is 13.2 Å². The number of alkyl carbamates (subject to hydrolysis) is 1. The number of anilines is 2. The molecule has 1 unspecified atom stereocenters. The molecular formula is C11H17N5O2. The molecule has 2 rings (SSSR count). The Labute approximate surface area is 105 Å². The molecular weight excluding hydrogens is 234 g/mol. The molecule has 1 aliphatic rings. The van der Waals surface area contributed by atoms with Crippen LogP contribution in [0.4, 0.5) is 16.6 Å². The van der Waals surface area contributed by atoms with Crippen molar-refractivity contribution in [3.05, 3.63) is 11.8 Å². The molecule has 0 aliphatic carbocycles. The van der Waals surface area contributed by atoms with E-state index in [4.69, 9.17) is 5.73 Å². The van der Waals surface area contributed by atoms with Crippen LogP contribution >= 0.6 is 0 Å². The zero-order valence-corrected chi connectivity index (χ0v) is 10.5. The average molecular weight is 251 g/mol. The third kappa shape index (κ3) is 2.79. The number of hydrogen-bond donors (Lipinski definition) is 2. The van der Waals surface area contributed by atoms with Crippen molar-refractivity contribution in [3.8, 4) is 0 Å². The second-order valence-electron chi connectivity index (χ2n) is 4.29. The summed E-state index contributed by atoms with van der Waals surface area (Å²) in [6, 6.07) is 1.96. The average Bonchev–Trinajstić information content (AvgIpc) is 2.76. The van der Waals surface area contributed by atoms with Crippen LogP contribution in [0.5, 0.6) is 0 Å². The molecule has 1 aromatic rings. The molecule has 0 radical (unpaired) electrons. The van der Waals surface area contributed by atoms with Crippen LogP contribution in [-0.2, 0) is 4.74 Å². The van der Waals surface area contributed by atoms with Gasteiger partial charge in [-0.15, -0.1) is 0 Å². The van der Waals surface area contributed by atoms with Crippen LogP contribution in [0, 0.1) is 6.92 Å². The number of rotatable bonds is 2. The van der Waals surface area contributed by atoms with Gasteiger partial charge in [-0.25, -0.2) is 9.78 Å². The molecule has 0 bridgehead atoms. The fourth-order valence-electron chi connectivity index (χ4n) is 2.05. The quantitative estimate of drug-likeness (QED) is 0.785. The molecule has 1 fully saturated rings. The maximum atomic E-state index is 11.1. The fraction of sp³-hybridized carbons (Fsp3) is 0.545. The van der Waals surface area contributed by atoms with Gasteiger partial charge in [-0.1, -0.05) is 0 Å². The van der Waals surface area contributed by atoms with E-state index in [1.54, 1.807) is 0 Å². The van der Waals surface area contributed by atoms with Crippen LogP contribution in [0.25, 0.3) is 0 Å². The van der Waals surface area contributed by atoms with E-state index in [9.17, 15) is 4.79 Å². The van der Waals surface area contributed by atoms with Crippen LogP contribution in [0.3, 0.4) is 0 Å². The van der Waals surface area contributed by atoms with Crippen molar-refractivity contribution in [1.82, 2.24) is 15.3 Å². The number of carbonyl (C=O) groups is 1. The van der Waals surface area contributed by atoms with Gasteiger partial charge in [0.1, 0.15) is 5.82 Å². The Morgan fingerprint density at radius 1 is 1.61 bits per heavy atom. The Bertz CT molecular complexity index is 431. The summed E-state index contributed by atoms with van der Waals surface area (Å²) in [6.45, 7) is 3.40. The van der Waals surface area contributed by atoms with Crippen molar-refractivity contribution in [1.29, 1.82) is 0 Å². The summed E-state index contributed by atoms with van der Waals surface area (Å²) in [4.78, 5) is 21.4. The molecule has 7 nitrogen and oxygen atoms in total. The lowest BCUT2D eigenvalue weighted by Gasteiger charge is -2.18. The van der Waals surface area contributed by atoms with E-state index in [-0.39, 0.29) is 12.0 Å². The third-order valence-electron chi connectivity index (χ3n) is 2.88. The van der Waals surface area contributed by atoms with Crippen molar-refractivity contribution in [2.45, 2.75) is 19.4 Å². The number of nitrogens with two attached hydrogens (primary N) is 1. The standard InChI is InChI=1S/C11H17N5O2/c1-7-5-9(15-10(12)13-7)16-4-3-8(6-16)14-11(17)18-2/h5,8H,3-4,6H2,1-2H3,(H,14,17)(H2,12,13,15). The minimum Gasteiger partial charge on any atom is -0.453 e. The number of amides is 1. The van der Waals surface area contributed by atoms with Crippen molar-refractivity contribution in [2.24, 2.45) is 0 Å². The number of aromatic nitrogens is 2. The molecule has 98 valence electrons. The van der Waals surface area contributed by atoms with E-state index in [1.165, 1.54) is 7.11 Å². The number of nitrogens with one attached hydrogen (secondary N) is 1. The van der Waals surface area contributed by atoms with Gasteiger partial charge >= 0.3 is 6.09 Å². The molecule has 1 amide bonds. The molecule has 18 heavy (non-hydrogen) atoms.